The first-order valence-corrected chi connectivity index (χ1v) is 3.43. The van der Waals surface area contributed by atoms with Crippen molar-refractivity contribution in [1.82, 2.24) is 9.78 Å². The van der Waals surface area contributed by atoms with E-state index < -0.39 is 16.9 Å². The molecule has 0 fully saturated rings. The molecule has 7 nitrogen and oxygen atoms in total. The van der Waals surface area contributed by atoms with E-state index in [0.717, 1.165) is 17.1 Å². The van der Waals surface area contributed by atoms with E-state index in [-0.39, 0.29) is 5.69 Å². The lowest BCUT2D eigenvalue weighted by molar-refractivity contribution is -0.385. The molecule has 1 rings (SSSR count). The van der Waals surface area contributed by atoms with Gasteiger partial charge in [-0.3, -0.25) is 14.8 Å². The summed E-state index contributed by atoms with van der Waals surface area (Å²) in [4.78, 5) is 20.0. The summed E-state index contributed by atoms with van der Waals surface area (Å²) in [5, 5.41) is 22.3. The van der Waals surface area contributed by atoms with Crippen LogP contribution in [-0.2, 0) is 4.79 Å². The zero-order valence-corrected chi connectivity index (χ0v) is 6.75. The normalized spacial score (nSPS) is 12.4. The number of carboxylic acid groups (broad SMARTS) is 1. The molecule has 13 heavy (non-hydrogen) atoms. The van der Waals surface area contributed by atoms with Gasteiger partial charge in [0, 0.05) is 0 Å². The SMILES string of the molecule is C[C@@H](C(=O)O)n1cc([N+](=O)[O-])cn1. The molecule has 0 spiro atoms. The van der Waals surface area contributed by atoms with Crippen LogP contribution in [0.5, 0.6) is 0 Å². The number of nitro groups is 1. The number of rotatable bonds is 3. The third kappa shape index (κ3) is 1.81. The average Bonchev–Trinajstić information content (AvgIpc) is 2.50. The molecule has 1 aromatic rings. The van der Waals surface area contributed by atoms with Gasteiger partial charge < -0.3 is 5.11 Å². The summed E-state index contributed by atoms with van der Waals surface area (Å²) in [6.45, 7) is 1.39. The van der Waals surface area contributed by atoms with Crippen molar-refractivity contribution in [2.75, 3.05) is 0 Å². The van der Waals surface area contributed by atoms with E-state index in [0.29, 0.717) is 0 Å². The molecule has 1 aromatic heterocycles. The highest BCUT2D eigenvalue weighted by Crippen LogP contribution is 2.12. The van der Waals surface area contributed by atoms with Crippen LogP contribution in [0.25, 0.3) is 0 Å². The highest BCUT2D eigenvalue weighted by atomic mass is 16.6. The van der Waals surface area contributed by atoms with Crippen LogP contribution >= 0.6 is 0 Å². The Hall–Kier alpha value is -1.92. The Morgan fingerprint density at radius 3 is 2.85 bits per heavy atom. The lowest BCUT2D eigenvalue weighted by atomic mass is 10.3. The Kier molecular flexibility index (Phi) is 2.27. The lowest BCUT2D eigenvalue weighted by Crippen LogP contribution is -2.15. The van der Waals surface area contributed by atoms with E-state index in [1.807, 2.05) is 0 Å². The quantitative estimate of drug-likeness (QED) is 0.544. The third-order valence-electron chi connectivity index (χ3n) is 1.55. The first-order valence-electron chi connectivity index (χ1n) is 3.43. The Morgan fingerprint density at radius 2 is 2.46 bits per heavy atom. The van der Waals surface area contributed by atoms with Gasteiger partial charge in [0.05, 0.1) is 4.92 Å². The molecule has 0 unspecified atom stereocenters. The number of carbonyl (C=O) groups is 1. The molecule has 70 valence electrons. The third-order valence-corrected chi connectivity index (χ3v) is 1.55. The lowest BCUT2D eigenvalue weighted by Gasteiger charge is -2.03. The molecule has 0 aliphatic carbocycles. The van der Waals surface area contributed by atoms with Gasteiger partial charge in [0.25, 0.3) is 0 Å². The van der Waals surface area contributed by atoms with Gasteiger partial charge in [-0.1, -0.05) is 0 Å². The second kappa shape index (κ2) is 3.21. The first kappa shape index (κ1) is 9.17. The molecule has 0 saturated heterocycles. The fourth-order valence-electron chi connectivity index (χ4n) is 0.747. The van der Waals surface area contributed by atoms with E-state index >= 15 is 0 Å². The van der Waals surface area contributed by atoms with Crippen LogP contribution in [0.2, 0.25) is 0 Å². The summed E-state index contributed by atoms with van der Waals surface area (Å²) in [5.74, 6) is -1.09. The minimum absolute atomic E-state index is 0.215. The number of carboxylic acids is 1. The molecule has 0 aliphatic heterocycles. The van der Waals surface area contributed by atoms with Crippen LogP contribution in [0.15, 0.2) is 12.4 Å². The molecule has 7 heteroatoms. The van der Waals surface area contributed by atoms with Crippen molar-refractivity contribution in [2.45, 2.75) is 13.0 Å². The number of nitrogens with zero attached hydrogens (tertiary/aromatic N) is 3. The number of hydrogen-bond acceptors (Lipinski definition) is 4. The fourth-order valence-corrected chi connectivity index (χ4v) is 0.747. The molecule has 0 saturated carbocycles. The Morgan fingerprint density at radius 1 is 1.85 bits per heavy atom. The summed E-state index contributed by atoms with van der Waals surface area (Å²) in [6.07, 6.45) is 2.10. The van der Waals surface area contributed by atoms with Crippen molar-refractivity contribution >= 4 is 11.7 Å². The van der Waals surface area contributed by atoms with Crippen LogP contribution in [0.1, 0.15) is 13.0 Å². The van der Waals surface area contributed by atoms with E-state index in [1.165, 1.54) is 6.92 Å². The molecule has 0 aromatic carbocycles. The van der Waals surface area contributed by atoms with Gasteiger partial charge in [-0.15, -0.1) is 0 Å². The van der Waals surface area contributed by atoms with Crippen molar-refractivity contribution in [3.63, 3.8) is 0 Å². The second-order valence-electron chi connectivity index (χ2n) is 2.45. The van der Waals surface area contributed by atoms with E-state index in [1.54, 1.807) is 0 Å². The van der Waals surface area contributed by atoms with Gasteiger partial charge in [0.1, 0.15) is 18.4 Å². The van der Waals surface area contributed by atoms with Crippen LogP contribution in [-0.4, -0.2) is 25.8 Å². The summed E-state index contributed by atoms with van der Waals surface area (Å²) in [6, 6.07) is -0.895. The van der Waals surface area contributed by atoms with Gasteiger partial charge in [-0.2, -0.15) is 5.10 Å². The highest BCUT2D eigenvalue weighted by molar-refractivity contribution is 5.71. The smallest absolute Gasteiger partial charge is 0.328 e. The summed E-state index contributed by atoms with van der Waals surface area (Å²) < 4.78 is 1.03. The summed E-state index contributed by atoms with van der Waals surface area (Å²) in [5.41, 5.74) is -0.215. The maximum atomic E-state index is 10.4. The number of aromatic nitrogens is 2. The van der Waals surface area contributed by atoms with Gasteiger partial charge in [-0.25, -0.2) is 4.79 Å². The van der Waals surface area contributed by atoms with E-state index in [2.05, 4.69) is 5.10 Å². The van der Waals surface area contributed by atoms with Gasteiger partial charge in [0.15, 0.2) is 0 Å². The van der Waals surface area contributed by atoms with Crippen molar-refractivity contribution in [3.05, 3.63) is 22.5 Å². The van der Waals surface area contributed by atoms with Crippen LogP contribution in [0.4, 0.5) is 5.69 Å². The largest absolute Gasteiger partial charge is 0.480 e. The minimum Gasteiger partial charge on any atom is -0.480 e. The minimum atomic E-state index is -1.09. The number of hydrogen-bond donors (Lipinski definition) is 1. The number of aliphatic carboxylic acids is 1. The zero-order valence-electron chi connectivity index (χ0n) is 6.75. The maximum absolute atomic E-state index is 10.4. The van der Waals surface area contributed by atoms with Crippen LogP contribution in [0, 0.1) is 10.1 Å². The second-order valence-corrected chi connectivity index (χ2v) is 2.45. The zero-order chi connectivity index (χ0) is 10.0. The highest BCUT2D eigenvalue weighted by Gasteiger charge is 2.17. The molecule has 1 atom stereocenters. The molecule has 0 aliphatic rings. The molecular formula is C6H7N3O4. The predicted octanol–water partition coefficient (Wildman–Crippen LogP) is 0.437. The van der Waals surface area contributed by atoms with Crippen molar-refractivity contribution in [2.24, 2.45) is 0 Å². The molecular weight excluding hydrogens is 178 g/mol. The molecule has 0 radical (unpaired) electrons. The first-order chi connectivity index (χ1) is 6.02. The summed E-state index contributed by atoms with van der Waals surface area (Å²) >= 11 is 0. The average molecular weight is 185 g/mol. The van der Waals surface area contributed by atoms with Gasteiger partial charge >= 0.3 is 11.7 Å². The van der Waals surface area contributed by atoms with E-state index in [4.69, 9.17) is 5.11 Å². The molecule has 1 heterocycles. The van der Waals surface area contributed by atoms with Crippen LogP contribution < -0.4 is 0 Å². The Labute approximate surface area is 72.7 Å². The summed E-state index contributed by atoms with van der Waals surface area (Å²) in [7, 11) is 0. The van der Waals surface area contributed by atoms with Crippen LogP contribution in [0.3, 0.4) is 0 Å². The van der Waals surface area contributed by atoms with Gasteiger partial charge in [0.2, 0.25) is 0 Å². The molecule has 0 amide bonds. The Bertz CT molecular complexity index is 345. The molecule has 1 N–H and O–H groups in total. The van der Waals surface area contributed by atoms with E-state index in [9.17, 15) is 14.9 Å². The standard InChI is InChI=1S/C6H7N3O4/c1-4(6(10)11)8-3-5(2-7-8)9(12)13/h2-4H,1H3,(H,10,11)/t4-/m0/s1. The van der Waals surface area contributed by atoms with Crippen molar-refractivity contribution in [1.29, 1.82) is 0 Å². The molecule has 0 bridgehead atoms. The maximum Gasteiger partial charge on any atom is 0.328 e. The topological polar surface area (TPSA) is 98.3 Å². The fraction of sp³-hybridized carbons (Fsp3) is 0.333. The predicted molar refractivity (Wildman–Crippen MR) is 41.2 cm³/mol. The van der Waals surface area contributed by atoms with Crippen molar-refractivity contribution in [3.8, 4) is 0 Å². The van der Waals surface area contributed by atoms with Gasteiger partial charge in [-0.05, 0) is 6.92 Å². The Balaban J connectivity index is 2.91. The van der Waals surface area contributed by atoms with Crippen molar-refractivity contribution < 1.29 is 14.8 Å². The monoisotopic (exact) mass is 185 g/mol.